The Morgan fingerprint density at radius 3 is 2.72 bits per heavy atom. The molecule has 4 heterocycles. The average molecular weight is 444 g/mol. The number of likely N-dealkylation sites (tertiary alicyclic amines) is 1. The van der Waals surface area contributed by atoms with Crippen molar-refractivity contribution in [2.24, 2.45) is 0 Å². The molecule has 0 N–H and O–H groups in total. The summed E-state index contributed by atoms with van der Waals surface area (Å²) < 4.78 is 60.7. The molecule has 32 heavy (non-hydrogen) atoms. The SMILES string of the molecule is O=C(c1cnn2c(C(F)(F)F)cc(-c3ccco3)nc12)N1CCC[C@@H]1c1cccc(F)c1. The van der Waals surface area contributed by atoms with Gasteiger partial charge in [0, 0.05) is 6.54 Å². The van der Waals surface area contributed by atoms with Crippen LogP contribution in [0.4, 0.5) is 17.6 Å². The Labute approximate surface area is 179 Å². The van der Waals surface area contributed by atoms with Crippen molar-refractivity contribution in [3.63, 3.8) is 0 Å². The number of fused-ring (bicyclic) bond motifs is 1. The minimum atomic E-state index is -4.73. The smallest absolute Gasteiger partial charge is 0.433 e. The van der Waals surface area contributed by atoms with Crippen molar-refractivity contribution in [2.75, 3.05) is 6.54 Å². The van der Waals surface area contributed by atoms with Crippen molar-refractivity contribution < 1.29 is 26.8 Å². The summed E-state index contributed by atoms with van der Waals surface area (Å²) >= 11 is 0. The number of aromatic nitrogens is 3. The molecule has 1 amide bonds. The Morgan fingerprint density at radius 1 is 1.16 bits per heavy atom. The van der Waals surface area contributed by atoms with Crippen LogP contribution in [0.25, 0.3) is 17.1 Å². The van der Waals surface area contributed by atoms with Crippen molar-refractivity contribution in [2.45, 2.75) is 25.1 Å². The summed E-state index contributed by atoms with van der Waals surface area (Å²) in [6.07, 6.45) is -1.01. The number of hydrogen-bond acceptors (Lipinski definition) is 4. The zero-order valence-electron chi connectivity index (χ0n) is 16.5. The summed E-state index contributed by atoms with van der Waals surface area (Å²) in [5, 5.41) is 3.81. The third-order valence-corrected chi connectivity index (χ3v) is 5.51. The topological polar surface area (TPSA) is 63.6 Å². The molecule has 4 aromatic rings. The van der Waals surface area contributed by atoms with Gasteiger partial charge in [-0.3, -0.25) is 4.79 Å². The van der Waals surface area contributed by atoms with Crippen LogP contribution in [0.15, 0.2) is 59.3 Å². The van der Waals surface area contributed by atoms with Gasteiger partial charge in [-0.15, -0.1) is 0 Å². The van der Waals surface area contributed by atoms with Gasteiger partial charge in [-0.05, 0) is 48.7 Å². The number of rotatable bonds is 3. The minimum absolute atomic E-state index is 0.0625. The molecule has 1 aliphatic rings. The van der Waals surface area contributed by atoms with Crippen LogP contribution in [0.3, 0.4) is 0 Å². The summed E-state index contributed by atoms with van der Waals surface area (Å²) in [6.45, 7) is 0.390. The number of amides is 1. The quantitative estimate of drug-likeness (QED) is 0.411. The summed E-state index contributed by atoms with van der Waals surface area (Å²) in [7, 11) is 0. The molecule has 10 heteroatoms. The van der Waals surface area contributed by atoms with Crippen molar-refractivity contribution in [1.29, 1.82) is 0 Å². The maximum Gasteiger partial charge on any atom is 0.433 e. The second kappa shape index (κ2) is 7.47. The van der Waals surface area contributed by atoms with Gasteiger partial charge in [0.2, 0.25) is 0 Å². The summed E-state index contributed by atoms with van der Waals surface area (Å²) in [4.78, 5) is 19.2. The zero-order valence-corrected chi connectivity index (χ0v) is 16.5. The molecule has 0 saturated carbocycles. The highest BCUT2D eigenvalue weighted by Gasteiger charge is 2.38. The van der Waals surface area contributed by atoms with E-state index in [-0.39, 0.29) is 28.7 Å². The molecule has 164 valence electrons. The Morgan fingerprint density at radius 2 is 2.00 bits per heavy atom. The van der Waals surface area contributed by atoms with Crippen LogP contribution in [0.5, 0.6) is 0 Å². The van der Waals surface area contributed by atoms with Gasteiger partial charge in [0.05, 0.1) is 18.5 Å². The van der Waals surface area contributed by atoms with Crippen LogP contribution in [0.1, 0.15) is 40.5 Å². The van der Waals surface area contributed by atoms with Crippen molar-refractivity contribution >= 4 is 11.6 Å². The maximum absolute atomic E-state index is 13.7. The molecule has 3 aromatic heterocycles. The molecule has 0 radical (unpaired) electrons. The molecule has 0 spiro atoms. The van der Waals surface area contributed by atoms with Crippen LogP contribution in [-0.2, 0) is 6.18 Å². The molecular formula is C22H16F4N4O2. The largest absolute Gasteiger partial charge is 0.463 e. The predicted molar refractivity (Wildman–Crippen MR) is 105 cm³/mol. The van der Waals surface area contributed by atoms with E-state index in [2.05, 4.69) is 10.1 Å². The van der Waals surface area contributed by atoms with E-state index in [1.165, 1.54) is 35.4 Å². The Balaban J connectivity index is 1.61. The average Bonchev–Trinajstić information content (AvgIpc) is 3.52. The predicted octanol–water partition coefficient (Wildman–Crippen LogP) is 5.12. The summed E-state index contributed by atoms with van der Waals surface area (Å²) in [5.74, 6) is -0.794. The van der Waals surface area contributed by atoms with Crippen LogP contribution < -0.4 is 0 Å². The zero-order chi connectivity index (χ0) is 22.5. The number of nitrogens with zero attached hydrogens (tertiary/aromatic N) is 4. The van der Waals surface area contributed by atoms with E-state index in [1.54, 1.807) is 12.1 Å². The lowest BCUT2D eigenvalue weighted by Gasteiger charge is -2.24. The second-order valence-electron chi connectivity index (χ2n) is 7.51. The number of halogens is 4. The first-order chi connectivity index (χ1) is 15.3. The number of furan rings is 1. The fraction of sp³-hybridized carbons (Fsp3) is 0.227. The number of hydrogen-bond donors (Lipinski definition) is 0. The first kappa shape index (κ1) is 20.2. The van der Waals surface area contributed by atoms with E-state index in [4.69, 9.17) is 4.42 Å². The maximum atomic E-state index is 13.7. The van der Waals surface area contributed by atoms with E-state index in [1.807, 2.05) is 0 Å². The molecule has 1 aromatic carbocycles. The van der Waals surface area contributed by atoms with E-state index in [0.717, 1.165) is 12.3 Å². The first-order valence-electron chi connectivity index (χ1n) is 9.89. The van der Waals surface area contributed by atoms with E-state index < -0.39 is 23.6 Å². The number of benzene rings is 1. The molecule has 1 atom stereocenters. The Bertz CT molecular complexity index is 1300. The highest BCUT2D eigenvalue weighted by Crippen LogP contribution is 2.36. The lowest BCUT2D eigenvalue weighted by Crippen LogP contribution is -2.30. The van der Waals surface area contributed by atoms with Crippen LogP contribution in [0.2, 0.25) is 0 Å². The van der Waals surface area contributed by atoms with Crippen molar-refractivity contribution in [1.82, 2.24) is 19.5 Å². The number of carbonyl (C=O) groups is 1. The fourth-order valence-corrected chi connectivity index (χ4v) is 4.09. The number of carbonyl (C=O) groups excluding carboxylic acids is 1. The third-order valence-electron chi connectivity index (χ3n) is 5.51. The Kier molecular flexibility index (Phi) is 4.72. The van der Waals surface area contributed by atoms with E-state index in [9.17, 15) is 22.4 Å². The molecule has 6 nitrogen and oxygen atoms in total. The standard InChI is InChI=1S/C22H16F4N4O2/c23-14-5-1-4-13(10-14)17-6-2-8-29(17)21(31)15-12-27-30-19(22(24,25)26)11-16(28-20(15)30)18-7-3-9-32-18/h1,3-5,7,9-12,17H,2,6,8H2/t17-/m1/s1. The van der Waals surface area contributed by atoms with Gasteiger partial charge in [-0.25, -0.2) is 13.9 Å². The molecule has 1 aliphatic heterocycles. The van der Waals surface area contributed by atoms with Gasteiger partial charge >= 0.3 is 6.18 Å². The van der Waals surface area contributed by atoms with Gasteiger partial charge in [-0.2, -0.15) is 18.3 Å². The first-order valence-corrected chi connectivity index (χ1v) is 9.89. The highest BCUT2D eigenvalue weighted by atomic mass is 19.4. The highest BCUT2D eigenvalue weighted by molar-refractivity contribution is 6.00. The van der Waals surface area contributed by atoms with E-state index in [0.29, 0.717) is 29.5 Å². The van der Waals surface area contributed by atoms with E-state index >= 15 is 0 Å². The lowest BCUT2D eigenvalue weighted by atomic mass is 10.0. The lowest BCUT2D eigenvalue weighted by molar-refractivity contribution is -0.142. The summed E-state index contributed by atoms with van der Waals surface area (Å²) in [6, 6.07) is 9.43. The molecule has 0 bridgehead atoms. The van der Waals surface area contributed by atoms with Crippen LogP contribution in [0, 0.1) is 5.82 Å². The van der Waals surface area contributed by atoms with Gasteiger partial charge in [0.15, 0.2) is 17.1 Å². The van der Waals surface area contributed by atoms with Gasteiger partial charge in [-0.1, -0.05) is 12.1 Å². The van der Waals surface area contributed by atoms with Crippen molar-refractivity contribution in [3.8, 4) is 11.5 Å². The Hall–Kier alpha value is -3.69. The molecule has 5 rings (SSSR count). The fourth-order valence-electron chi connectivity index (χ4n) is 4.09. The van der Waals surface area contributed by atoms with Gasteiger partial charge in [0.25, 0.3) is 5.91 Å². The third kappa shape index (κ3) is 3.41. The summed E-state index contributed by atoms with van der Waals surface area (Å²) in [5.41, 5.74) is -0.788. The monoisotopic (exact) mass is 444 g/mol. The molecule has 0 unspecified atom stereocenters. The molecule has 1 saturated heterocycles. The number of alkyl halides is 3. The van der Waals surface area contributed by atoms with Crippen LogP contribution >= 0.6 is 0 Å². The normalized spacial score (nSPS) is 16.8. The van der Waals surface area contributed by atoms with Gasteiger partial charge in [0.1, 0.15) is 17.1 Å². The molecule has 0 aliphatic carbocycles. The van der Waals surface area contributed by atoms with Crippen molar-refractivity contribution in [3.05, 3.63) is 77.6 Å². The minimum Gasteiger partial charge on any atom is -0.463 e. The van der Waals surface area contributed by atoms with Gasteiger partial charge < -0.3 is 9.32 Å². The molecule has 1 fully saturated rings. The molecular weight excluding hydrogens is 428 g/mol. The van der Waals surface area contributed by atoms with Crippen LogP contribution in [-0.4, -0.2) is 31.9 Å². The second-order valence-corrected chi connectivity index (χ2v) is 7.51.